The lowest BCUT2D eigenvalue weighted by molar-refractivity contribution is 1.47. The van der Waals surface area contributed by atoms with Crippen LogP contribution in [0.3, 0.4) is 0 Å². The van der Waals surface area contributed by atoms with Crippen molar-refractivity contribution in [1.29, 1.82) is 0 Å². The van der Waals surface area contributed by atoms with E-state index in [4.69, 9.17) is 0 Å². The summed E-state index contributed by atoms with van der Waals surface area (Å²) in [6.45, 7) is 4.00. The van der Waals surface area contributed by atoms with Crippen molar-refractivity contribution < 1.29 is 0 Å². The Kier molecular flexibility index (Phi) is 5.86. The Morgan fingerprint density at radius 2 is 1.55 bits per heavy atom. The molecule has 0 aromatic heterocycles. The van der Waals surface area contributed by atoms with E-state index in [0.29, 0.717) is 0 Å². The maximum atomic E-state index is 3.94. The Bertz CT molecular complexity index is 201. The summed E-state index contributed by atoms with van der Waals surface area (Å²) in [4.78, 5) is 1.33. The first-order valence-electron chi connectivity index (χ1n) is 3.81. The average molecular weight is 168 g/mol. The molecule has 1 unspecified atom stereocenters. The second-order valence-corrected chi connectivity index (χ2v) is 3.70. The molecule has 0 fully saturated rings. The highest BCUT2D eigenvalue weighted by Gasteiger charge is 1.84. The van der Waals surface area contributed by atoms with Gasteiger partial charge in [0.2, 0.25) is 0 Å². The third kappa shape index (κ3) is 3.99. The van der Waals surface area contributed by atoms with Crippen LogP contribution in [0.15, 0.2) is 35.2 Å². The summed E-state index contributed by atoms with van der Waals surface area (Å²) >= 11 is 0. The number of hydrogen-bond acceptors (Lipinski definition) is 0. The van der Waals surface area contributed by atoms with Crippen molar-refractivity contribution in [2.24, 2.45) is 0 Å². The van der Waals surface area contributed by atoms with Gasteiger partial charge in [0.15, 0.2) is 0 Å². The van der Waals surface area contributed by atoms with E-state index < -0.39 is 0 Å². The zero-order chi connectivity index (χ0) is 8.69. The van der Waals surface area contributed by atoms with Crippen molar-refractivity contribution >= 4 is 16.4 Å². The van der Waals surface area contributed by atoms with Crippen LogP contribution in [0.1, 0.15) is 13.8 Å². The zero-order valence-corrected chi connectivity index (χ0v) is 8.32. The number of benzene rings is 1. The third-order valence-electron chi connectivity index (χ3n) is 1.15. The van der Waals surface area contributed by atoms with Gasteiger partial charge in [0.05, 0.1) is 0 Å². The highest BCUT2D eigenvalue weighted by Crippen LogP contribution is 2.18. The number of hydrogen-bond donors (Lipinski definition) is 0. The quantitative estimate of drug-likeness (QED) is 0.564. The summed E-state index contributed by atoms with van der Waals surface area (Å²) in [6, 6.07) is 10.3. The maximum Gasteiger partial charge on any atom is 0.000852 e. The molecule has 0 aliphatic heterocycles. The molecule has 0 radical (unpaired) electrons. The molecule has 62 valence electrons. The van der Waals surface area contributed by atoms with Crippen LogP contribution in [0.2, 0.25) is 0 Å². The standard InChI is InChI=1S/C8H10S.C2H6/c1-9(2)8-6-4-3-5-7-8;1-2/h3-7H,1H2,2H3;1-2H3. The summed E-state index contributed by atoms with van der Waals surface area (Å²) in [6.07, 6.45) is 2.12. The third-order valence-corrected chi connectivity index (χ3v) is 2.22. The van der Waals surface area contributed by atoms with E-state index in [1.54, 1.807) is 0 Å². The summed E-state index contributed by atoms with van der Waals surface area (Å²) in [5, 5.41) is 0. The zero-order valence-electron chi connectivity index (χ0n) is 7.50. The molecule has 0 nitrogen and oxygen atoms in total. The Hall–Kier alpha value is -0.560. The fourth-order valence-corrected chi connectivity index (χ4v) is 1.27. The van der Waals surface area contributed by atoms with Crippen molar-refractivity contribution in [3.05, 3.63) is 30.3 Å². The molecular weight excluding hydrogens is 152 g/mol. The molecule has 11 heavy (non-hydrogen) atoms. The smallest absolute Gasteiger partial charge is 0.000852 e. The lowest BCUT2D eigenvalue weighted by Crippen LogP contribution is -1.67. The molecular formula is C10H16S. The van der Waals surface area contributed by atoms with Gasteiger partial charge in [-0.15, -0.1) is 0 Å². The van der Waals surface area contributed by atoms with E-state index >= 15 is 0 Å². The lowest BCUT2D eigenvalue weighted by Gasteiger charge is -1.96. The Morgan fingerprint density at radius 3 is 1.82 bits per heavy atom. The summed E-state index contributed by atoms with van der Waals surface area (Å²) in [5.41, 5.74) is 0. The molecule has 0 aliphatic rings. The van der Waals surface area contributed by atoms with Crippen molar-refractivity contribution in [3.63, 3.8) is 0 Å². The lowest BCUT2D eigenvalue weighted by atomic mass is 10.4. The van der Waals surface area contributed by atoms with Crippen molar-refractivity contribution in [1.82, 2.24) is 0 Å². The molecule has 0 amide bonds. The van der Waals surface area contributed by atoms with Crippen molar-refractivity contribution in [2.75, 3.05) is 6.26 Å². The summed E-state index contributed by atoms with van der Waals surface area (Å²) in [5.74, 6) is 3.94. The second kappa shape index (κ2) is 6.17. The Morgan fingerprint density at radius 1 is 1.09 bits per heavy atom. The van der Waals surface area contributed by atoms with Crippen LogP contribution in [-0.4, -0.2) is 12.1 Å². The molecule has 1 aromatic carbocycles. The molecule has 0 spiro atoms. The first-order chi connectivity index (χ1) is 5.30. The average Bonchev–Trinajstić information content (AvgIpc) is 2.10. The van der Waals surface area contributed by atoms with Gasteiger partial charge in [0.25, 0.3) is 0 Å². The van der Waals surface area contributed by atoms with E-state index in [9.17, 15) is 0 Å². The molecule has 1 heteroatoms. The van der Waals surface area contributed by atoms with E-state index in [1.807, 2.05) is 32.0 Å². The molecule has 0 heterocycles. The van der Waals surface area contributed by atoms with Gasteiger partial charge in [-0.3, -0.25) is 0 Å². The minimum Gasteiger partial charge on any atom is -0.165 e. The van der Waals surface area contributed by atoms with Gasteiger partial charge in [0.1, 0.15) is 0 Å². The molecule has 0 saturated carbocycles. The van der Waals surface area contributed by atoms with Gasteiger partial charge < -0.3 is 0 Å². The van der Waals surface area contributed by atoms with Crippen LogP contribution in [0.25, 0.3) is 0 Å². The van der Waals surface area contributed by atoms with Gasteiger partial charge in [-0.05, 0) is 18.4 Å². The Labute approximate surface area is 72.2 Å². The van der Waals surface area contributed by atoms with Gasteiger partial charge in [-0.25, -0.2) is 0 Å². The van der Waals surface area contributed by atoms with Crippen LogP contribution < -0.4 is 0 Å². The molecule has 1 atom stereocenters. The van der Waals surface area contributed by atoms with Gasteiger partial charge >= 0.3 is 0 Å². The van der Waals surface area contributed by atoms with E-state index in [0.717, 1.165) is 0 Å². The van der Waals surface area contributed by atoms with Crippen LogP contribution in [0, 0.1) is 0 Å². The van der Waals surface area contributed by atoms with Gasteiger partial charge in [0, 0.05) is 4.90 Å². The molecule has 0 saturated heterocycles. The Balaban J connectivity index is 0.000000461. The predicted octanol–water partition coefficient (Wildman–Crippen LogP) is 3.40. The highest BCUT2D eigenvalue weighted by molar-refractivity contribution is 8.13. The minimum atomic E-state index is 0.171. The highest BCUT2D eigenvalue weighted by atomic mass is 32.2. The molecule has 1 aromatic rings. The topological polar surface area (TPSA) is 0 Å². The fraction of sp³-hybridized carbons (Fsp3) is 0.300. The van der Waals surface area contributed by atoms with Crippen LogP contribution in [0.5, 0.6) is 0 Å². The van der Waals surface area contributed by atoms with Crippen molar-refractivity contribution in [3.8, 4) is 0 Å². The minimum absolute atomic E-state index is 0.171. The van der Waals surface area contributed by atoms with Crippen LogP contribution in [-0.2, 0) is 0 Å². The second-order valence-electron chi connectivity index (χ2n) is 1.95. The normalized spacial score (nSPS) is 11.2. The fourth-order valence-electron chi connectivity index (χ4n) is 0.653. The molecule has 1 rings (SSSR count). The first kappa shape index (κ1) is 10.4. The SMILES string of the molecule is C=S(C)c1ccccc1.CC. The van der Waals surface area contributed by atoms with Gasteiger partial charge in [-0.2, -0.15) is 10.5 Å². The first-order valence-corrected chi connectivity index (χ1v) is 5.61. The predicted molar refractivity (Wildman–Crippen MR) is 56.7 cm³/mol. The van der Waals surface area contributed by atoms with E-state index in [1.165, 1.54) is 4.90 Å². The largest absolute Gasteiger partial charge is 0.165 e. The molecule has 0 aliphatic carbocycles. The van der Waals surface area contributed by atoms with E-state index in [2.05, 4.69) is 24.3 Å². The van der Waals surface area contributed by atoms with Crippen LogP contribution in [0.4, 0.5) is 0 Å². The van der Waals surface area contributed by atoms with E-state index in [-0.39, 0.29) is 10.5 Å². The van der Waals surface area contributed by atoms with Crippen molar-refractivity contribution in [2.45, 2.75) is 18.7 Å². The molecule has 0 N–H and O–H groups in total. The van der Waals surface area contributed by atoms with Crippen LogP contribution >= 0.6 is 10.5 Å². The maximum absolute atomic E-state index is 3.94. The monoisotopic (exact) mass is 168 g/mol. The summed E-state index contributed by atoms with van der Waals surface area (Å²) in [7, 11) is 0.171. The summed E-state index contributed by atoms with van der Waals surface area (Å²) < 4.78 is 0. The van der Waals surface area contributed by atoms with Gasteiger partial charge in [-0.1, -0.05) is 37.9 Å². The number of rotatable bonds is 1. The molecule has 0 bridgehead atoms.